The molecular weight excluding hydrogens is 245 g/mol. The van der Waals surface area contributed by atoms with Gasteiger partial charge >= 0.3 is 0 Å². The summed E-state index contributed by atoms with van der Waals surface area (Å²) < 4.78 is 14.9. The lowest BCUT2D eigenvalue weighted by Crippen LogP contribution is -2.32. The average molecular weight is 262 g/mol. The molecule has 1 N–H and O–H groups in total. The minimum atomic E-state index is -0.858. The number of halogens is 2. The molecule has 0 unspecified atom stereocenters. The summed E-state index contributed by atoms with van der Waals surface area (Å²) in [4.78, 5) is 1.93. The second-order valence-corrected chi connectivity index (χ2v) is 4.94. The molecule has 96 valence electrons. The van der Waals surface area contributed by atoms with E-state index in [0.717, 1.165) is 11.3 Å². The summed E-state index contributed by atoms with van der Waals surface area (Å²) in [5.41, 5.74) is 1.78. The second kappa shape index (κ2) is 4.92. The van der Waals surface area contributed by atoms with Gasteiger partial charge in [0.1, 0.15) is 11.3 Å². The molecule has 2 atom stereocenters. The van der Waals surface area contributed by atoms with Crippen molar-refractivity contribution in [2.24, 2.45) is 7.05 Å². The van der Waals surface area contributed by atoms with E-state index in [9.17, 15) is 9.50 Å². The van der Waals surface area contributed by atoms with Crippen LogP contribution in [-0.4, -0.2) is 45.2 Å². The maximum absolute atomic E-state index is 13.3. The Bertz CT molecular complexity index is 410. The van der Waals surface area contributed by atoms with Crippen LogP contribution < -0.4 is 0 Å². The van der Waals surface area contributed by atoms with Crippen molar-refractivity contribution >= 4 is 11.6 Å². The van der Waals surface area contributed by atoms with Gasteiger partial charge in [-0.2, -0.15) is 5.10 Å². The van der Waals surface area contributed by atoms with Gasteiger partial charge in [-0.05, 0) is 13.3 Å². The molecule has 17 heavy (non-hydrogen) atoms. The number of alkyl halides is 1. The minimum absolute atomic E-state index is 0.0165. The van der Waals surface area contributed by atoms with Crippen LogP contribution in [0.25, 0.3) is 0 Å². The van der Waals surface area contributed by atoms with Crippen LogP contribution in [0.3, 0.4) is 0 Å². The van der Waals surface area contributed by atoms with E-state index >= 15 is 0 Å². The van der Waals surface area contributed by atoms with Crippen molar-refractivity contribution in [1.82, 2.24) is 14.7 Å². The molecule has 0 aromatic carbocycles. The van der Waals surface area contributed by atoms with Gasteiger partial charge in [0.15, 0.2) is 0 Å². The Balaban J connectivity index is 2.15. The highest BCUT2D eigenvalue weighted by Gasteiger charge is 2.32. The zero-order valence-corrected chi connectivity index (χ0v) is 10.8. The Hall–Kier alpha value is -0.650. The van der Waals surface area contributed by atoms with E-state index in [0.29, 0.717) is 24.7 Å². The first-order chi connectivity index (χ1) is 8.02. The number of likely N-dealkylation sites (tertiary alicyclic amines) is 1. The molecule has 2 heterocycles. The Labute approximate surface area is 105 Å². The number of hydrogen-bond donors (Lipinski definition) is 1. The third kappa shape index (κ3) is 2.46. The number of nitrogens with zero attached hydrogens (tertiary/aromatic N) is 3. The van der Waals surface area contributed by atoms with Crippen molar-refractivity contribution in [2.75, 3.05) is 13.2 Å². The normalized spacial score (nSPS) is 25.7. The molecular formula is C11H17ClFN3O. The standard InChI is InChI=1S/C11H17ClFN3O/c1-7-10(11(12)15(2)14-7)5-16-4-8(13)3-9(16)6-17/h8-9,17H,3-6H2,1-2H3/t8-,9-/m0/s1. The van der Waals surface area contributed by atoms with Crippen LogP contribution in [0.5, 0.6) is 0 Å². The fourth-order valence-electron chi connectivity index (χ4n) is 2.36. The first-order valence-electron chi connectivity index (χ1n) is 5.70. The van der Waals surface area contributed by atoms with Crippen LogP contribution >= 0.6 is 11.6 Å². The Morgan fingerprint density at radius 1 is 1.59 bits per heavy atom. The van der Waals surface area contributed by atoms with Crippen molar-refractivity contribution in [3.05, 3.63) is 16.4 Å². The summed E-state index contributed by atoms with van der Waals surface area (Å²) in [6, 6.07) is -0.110. The van der Waals surface area contributed by atoms with E-state index < -0.39 is 6.17 Å². The summed E-state index contributed by atoms with van der Waals surface area (Å²) in [7, 11) is 1.78. The van der Waals surface area contributed by atoms with Crippen LogP contribution in [0.1, 0.15) is 17.7 Å². The number of hydrogen-bond acceptors (Lipinski definition) is 3. The lowest BCUT2D eigenvalue weighted by atomic mass is 10.2. The molecule has 1 fully saturated rings. The number of aliphatic hydroxyl groups excluding tert-OH is 1. The van der Waals surface area contributed by atoms with E-state index in [-0.39, 0.29) is 12.6 Å². The lowest BCUT2D eigenvalue weighted by molar-refractivity contribution is 0.153. The van der Waals surface area contributed by atoms with Crippen molar-refractivity contribution < 1.29 is 9.50 Å². The largest absolute Gasteiger partial charge is 0.395 e. The lowest BCUT2D eigenvalue weighted by Gasteiger charge is -2.21. The maximum Gasteiger partial charge on any atom is 0.131 e. The number of aliphatic hydroxyl groups is 1. The molecule has 0 radical (unpaired) electrons. The maximum atomic E-state index is 13.3. The van der Waals surface area contributed by atoms with E-state index in [1.54, 1.807) is 11.7 Å². The van der Waals surface area contributed by atoms with Gasteiger partial charge in [0.2, 0.25) is 0 Å². The first-order valence-corrected chi connectivity index (χ1v) is 6.07. The summed E-state index contributed by atoms with van der Waals surface area (Å²) in [6.45, 7) is 2.77. The molecule has 0 saturated carbocycles. The molecule has 0 amide bonds. The molecule has 1 saturated heterocycles. The van der Waals surface area contributed by atoms with Gasteiger partial charge < -0.3 is 5.11 Å². The zero-order chi connectivity index (χ0) is 12.6. The highest BCUT2D eigenvalue weighted by Crippen LogP contribution is 2.26. The van der Waals surface area contributed by atoms with Gasteiger partial charge in [0.05, 0.1) is 12.3 Å². The van der Waals surface area contributed by atoms with Gasteiger partial charge in [0, 0.05) is 31.7 Å². The van der Waals surface area contributed by atoms with E-state index in [4.69, 9.17) is 11.6 Å². The second-order valence-electron chi connectivity index (χ2n) is 4.58. The molecule has 1 aromatic heterocycles. The molecule has 1 aromatic rings. The predicted octanol–water partition coefficient (Wildman–Crippen LogP) is 1.29. The number of aryl methyl sites for hydroxylation is 2. The predicted molar refractivity (Wildman–Crippen MR) is 63.8 cm³/mol. The molecule has 1 aliphatic heterocycles. The van der Waals surface area contributed by atoms with Crippen molar-refractivity contribution in [3.8, 4) is 0 Å². The van der Waals surface area contributed by atoms with Gasteiger partial charge in [-0.3, -0.25) is 9.58 Å². The summed E-state index contributed by atoms with van der Waals surface area (Å²) in [5.74, 6) is 0. The smallest absolute Gasteiger partial charge is 0.131 e. The van der Waals surface area contributed by atoms with Gasteiger partial charge in [0.25, 0.3) is 0 Å². The summed E-state index contributed by atoms with van der Waals surface area (Å²) in [5, 5.41) is 14.0. The van der Waals surface area contributed by atoms with E-state index in [2.05, 4.69) is 5.10 Å². The highest BCUT2D eigenvalue weighted by molar-refractivity contribution is 6.30. The van der Waals surface area contributed by atoms with Gasteiger partial charge in [-0.25, -0.2) is 4.39 Å². The van der Waals surface area contributed by atoms with Crippen LogP contribution in [-0.2, 0) is 13.6 Å². The third-order valence-electron chi connectivity index (χ3n) is 3.32. The topological polar surface area (TPSA) is 41.3 Å². The van der Waals surface area contributed by atoms with Crippen LogP contribution in [0, 0.1) is 6.92 Å². The number of aromatic nitrogens is 2. The minimum Gasteiger partial charge on any atom is -0.395 e. The molecule has 4 nitrogen and oxygen atoms in total. The molecule has 1 aliphatic rings. The Morgan fingerprint density at radius 3 is 2.82 bits per heavy atom. The van der Waals surface area contributed by atoms with Crippen molar-refractivity contribution in [2.45, 2.75) is 32.1 Å². The molecule has 6 heteroatoms. The quantitative estimate of drug-likeness (QED) is 0.891. The molecule has 0 spiro atoms. The van der Waals surface area contributed by atoms with Crippen molar-refractivity contribution in [1.29, 1.82) is 0 Å². The number of rotatable bonds is 3. The molecule has 2 rings (SSSR count). The zero-order valence-electron chi connectivity index (χ0n) is 10.0. The average Bonchev–Trinajstić information content (AvgIpc) is 2.74. The molecule has 0 aliphatic carbocycles. The van der Waals surface area contributed by atoms with E-state index in [1.807, 2.05) is 11.8 Å². The van der Waals surface area contributed by atoms with E-state index in [1.165, 1.54) is 0 Å². The third-order valence-corrected chi connectivity index (χ3v) is 3.79. The van der Waals surface area contributed by atoms with Crippen LogP contribution in [0.15, 0.2) is 0 Å². The van der Waals surface area contributed by atoms with Gasteiger partial charge in [-0.15, -0.1) is 0 Å². The SMILES string of the molecule is Cc1nn(C)c(Cl)c1CN1C[C@@H](F)C[C@H]1CO. The highest BCUT2D eigenvalue weighted by atomic mass is 35.5. The van der Waals surface area contributed by atoms with Crippen LogP contribution in [0.2, 0.25) is 5.15 Å². The van der Waals surface area contributed by atoms with Crippen LogP contribution in [0.4, 0.5) is 4.39 Å². The molecule has 0 bridgehead atoms. The monoisotopic (exact) mass is 261 g/mol. The summed E-state index contributed by atoms with van der Waals surface area (Å²) in [6.07, 6.45) is -0.462. The fraction of sp³-hybridized carbons (Fsp3) is 0.727. The van der Waals surface area contributed by atoms with Crippen molar-refractivity contribution in [3.63, 3.8) is 0 Å². The fourth-order valence-corrected chi connectivity index (χ4v) is 2.60. The van der Waals surface area contributed by atoms with Gasteiger partial charge in [-0.1, -0.05) is 11.6 Å². The first kappa shape index (κ1) is 12.8. The summed E-state index contributed by atoms with van der Waals surface area (Å²) >= 11 is 6.14. The Kier molecular flexibility index (Phi) is 3.70. The Morgan fingerprint density at radius 2 is 2.29 bits per heavy atom.